The van der Waals surface area contributed by atoms with Crippen LogP contribution in [0.25, 0.3) is 11.3 Å². The van der Waals surface area contributed by atoms with Gasteiger partial charge in [-0.05, 0) is 55.9 Å². The Hall–Kier alpha value is -2.57. The maximum Gasteiger partial charge on any atom is 0.273 e. The molecule has 26 heavy (non-hydrogen) atoms. The van der Waals surface area contributed by atoms with Crippen molar-refractivity contribution in [1.82, 2.24) is 10.5 Å². The van der Waals surface area contributed by atoms with Crippen LogP contribution in [-0.4, -0.2) is 23.0 Å². The minimum Gasteiger partial charge on any atom is -0.472 e. The molecular weight excluding hydrogens is 334 g/mol. The molecular formula is C19H21N3O4. The molecule has 4 aliphatic carbocycles. The average molecular weight is 355 g/mol. The van der Waals surface area contributed by atoms with Gasteiger partial charge in [-0.2, -0.15) is 0 Å². The van der Waals surface area contributed by atoms with Gasteiger partial charge in [-0.1, -0.05) is 5.16 Å². The van der Waals surface area contributed by atoms with Crippen molar-refractivity contribution in [2.75, 3.05) is 0 Å². The van der Waals surface area contributed by atoms with Crippen molar-refractivity contribution in [2.45, 2.75) is 38.1 Å². The summed E-state index contributed by atoms with van der Waals surface area (Å²) in [5.41, 5.74) is 6.38. The van der Waals surface area contributed by atoms with Crippen molar-refractivity contribution >= 4 is 11.8 Å². The SMILES string of the molecule is NC(=O)[C@]12CC3CC(C1)[C@@H](NC(=O)c1cc(-c4ccoc4)on1)C(C3)C2. The number of primary amides is 1. The smallest absolute Gasteiger partial charge is 0.273 e. The van der Waals surface area contributed by atoms with Crippen LogP contribution in [0.15, 0.2) is 33.6 Å². The summed E-state index contributed by atoms with van der Waals surface area (Å²) in [7, 11) is 0. The molecule has 7 heteroatoms. The molecule has 2 unspecified atom stereocenters. The van der Waals surface area contributed by atoms with Gasteiger partial charge in [0.2, 0.25) is 5.91 Å². The molecule has 3 N–H and O–H groups in total. The number of carbonyl (C=O) groups excluding carboxylic acids is 2. The van der Waals surface area contributed by atoms with E-state index in [1.165, 1.54) is 0 Å². The molecule has 2 aromatic heterocycles. The standard InChI is InChI=1S/C19H21N3O4/c20-18(24)19-6-10-3-12(7-19)16(13(4-10)8-19)21-17(23)14-5-15(26-22-14)11-1-2-25-9-11/h1-2,5,9-10,12-13,16H,3-4,6-8H2,(H2,20,24)(H,21,23)/t10?,12?,13?,16-,19-. The summed E-state index contributed by atoms with van der Waals surface area (Å²) >= 11 is 0. The molecule has 136 valence electrons. The third kappa shape index (κ3) is 2.29. The van der Waals surface area contributed by atoms with Crippen molar-refractivity contribution in [2.24, 2.45) is 28.9 Å². The van der Waals surface area contributed by atoms with Gasteiger partial charge in [-0.25, -0.2) is 0 Å². The quantitative estimate of drug-likeness (QED) is 0.874. The molecule has 0 aromatic carbocycles. The fourth-order valence-corrected chi connectivity index (χ4v) is 5.71. The summed E-state index contributed by atoms with van der Waals surface area (Å²) in [5.74, 6) is 1.31. The third-order valence-electron chi connectivity index (χ3n) is 6.64. The zero-order chi connectivity index (χ0) is 17.9. The van der Waals surface area contributed by atoms with Gasteiger partial charge in [0.05, 0.1) is 11.8 Å². The molecule has 4 saturated carbocycles. The van der Waals surface area contributed by atoms with Crippen molar-refractivity contribution in [3.8, 4) is 11.3 Å². The van der Waals surface area contributed by atoms with E-state index in [-0.39, 0.29) is 29.0 Å². The van der Waals surface area contributed by atoms with E-state index in [0.29, 0.717) is 23.5 Å². The molecule has 2 heterocycles. The maximum atomic E-state index is 12.7. The first-order chi connectivity index (χ1) is 12.5. The molecule has 2 amide bonds. The van der Waals surface area contributed by atoms with Crippen molar-refractivity contribution in [1.29, 1.82) is 0 Å². The van der Waals surface area contributed by atoms with E-state index in [1.54, 1.807) is 24.7 Å². The molecule has 2 atom stereocenters. The summed E-state index contributed by atoms with van der Waals surface area (Å²) in [6.07, 6.45) is 7.72. The van der Waals surface area contributed by atoms with E-state index in [9.17, 15) is 9.59 Å². The Morgan fingerprint density at radius 1 is 1.23 bits per heavy atom. The Kier molecular flexibility index (Phi) is 3.29. The van der Waals surface area contributed by atoms with Gasteiger partial charge in [0.1, 0.15) is 6.26 Å². The topological polar surface area (TPSA) is 111 Å². The number of rotatable bonds is 4. The first kappa shape index (κ1) is 15.7. The number of hydrogen-bond acceptors (Lipinski definition) is 5. The highest BCUT2D eigenvalue weighted by Crippen LogP contribution is 2.59. The van der Waals surface area contributed by atoms with E-state index in [0.717, 1.165) is 37.7 Å². The minimum atomic E-state index is -0.347. The zero-order valence-corrected chi connectivity index (χ0v) is 14.3. The van der Waals surface area contributed by atoms with Crippen LogP contribution in [0.3, 0.4) is 0 Å². The van der Waals surface area contributed by atoms with Gasteiger partial charge < -0.3 is 20.0 Å². The predicted octanol–water partition coefficient (Wildman–Crippen LogP) is 2.34. The van der Waals surface area contributed by atoms with E-state index in [2.05, 4.69) is 10.5 Å². The fourth-order valence-electron chi connectivity index (χ4n) is 5.71. The second-order valence-electron chi connectivity index (χ2n) is 8.20. The van der Waals surface area contributed by atoms with Crippen molar-refractivity contribution in [3.63, 3.8) is 0 Å². The Morgan fingerprint density at radius 2 is 2.00 bits per heavy atom. The summed E-state index contributed by atoms with van der Waals surface area (Å²) in [6, 6.07) is 3.46. The Bertz CT molecular complexity index is 840. The normalized spacial score (nSPS) is 34.8. The van der Waals surface area contributed by atoms with Crippen molar-refractivity contribution in [3.05, 3.63) is 30.4 Å². The Labute approximate surface area is 150 Å². The van der Waals surface area contributed by atoms with Crippen LogP contribution in [0.5, 0.6) is 0 Å². The number of hydrogen-bond donors (Lipinski definition) is 2. The molecule has 0 aliphatic heterocycles. The van der Waals surface area contributed by atoms with Gasteiger partial charge in [0, 0.05) is 17.5 Å². The second kappa shape index (κ2) is 5.46. The third-order valence-corrected chi connectivity index (χ3v) is 6.64. The summed E-state index contributed by atoms with van der Waals surface area (Å²) in [6.45, 7) is 0. The zero-order valence-electron chi connectivity index (χ0n) is 14.3. The van der Waals surface area contributed by atoms with Crippen molar-refractivity contribution < 1.29 is 18.5 Å². The molecule has 7 nitrogen and oxygen atoms in total. The van der Waals surface area contributed by atoms with E-state index in [4.69, 9.17) is 14.7 Å². The molecule has 2 aromatic rings. The molecule has 4 aliphatic rings. The Morgan fingerprint density at radius 3 is 2.65 bits per heavy atom. The van der Waals surface area contributed by atoms with Gasteiger partial charge in [0.25, 0.3) is 5.91 Å². The number of carbonyl (C=O) groups is 2. The van der Waals surface area contributed by atoms with Crippen LogP contribution in [0.1, 0.15) is 42.6 Å². The molecule has 6 rings (SSSR count). The Balaban J connectivity index is 1.33. The molecule has 0 spiro atoms. The van der Waals surface area contributed by atoms with Crippen LogP contribution < -0.4 is 11.1 Å². The highest BCUT2D eigenvalue weighted by molar-refractivity contribution is 5.93. The second-order valence-corrected chi connectivity index (χ2v) is 8.20. The number of furan rings is 1. The lowest BCUT2D eigenvalue weighted by molar-refractivity contribution is -0.145. The summed E-state index contributed by atoms with van der Waals surface area (Å²) in [4.78, 5) is 24.7. The lowest BCUT2D eigenvalue weighted by Crippen LogP contribution is -2.62. The maximum absolute atomic E-state index is 12.7. The number of nitrogens with two attached hydrogens (primary N) is 1. The van der Waals surface area contributed by atoms with Crippen LogP contribution in [0, 0.1) is 23.2 Å². The van der Waals surface area contributed by atoms with Gasteiger partial charge in [0.15, 0.2) is 11.5 Å². The molecule has 0 saturated heterocycles. The van der Waals surface area contributed by atoms with Crippen LogP contribution in [0.4, 0.5) is 0 Å². The van der Waals surface area contributed by atoms with Crippen LogP contribution in [0.2, 0.25) is 0 Å². The average Bonchev–Trinajstić information content (AvgIpc) is 3.28. The number of amides is 2. The highest BCUT2D eigenvalue weighted by Gasteiger charge is 2.58. The van der Waals surface area contributed by atoms with Crippen LogP contribution >= 0.6 is 0 Å². The molecule has 0 radical (unpaired) electrons. The fraction of sp³-hybridized carbons (Fsp3) is 0.526. The number of nitrogens with zero attached hydrogens (tertiary/aromatic N) is 1. The van der Waals surface area contributed by atoms with E-state index >= 15 is 0 Å². The number of aromatic nitrogens is 1. The van der Waals surface area contributed by atoms with Gasteiger partial charge in [-0.3, -0.25) is 9.59 Å². The highest BCUT2D eigenvalue weighted by atomic mass is 16.5. The van der Waals surface area contributed by atoms with Gasteiger partial charge >= 0.3 is 0 Å². The predicted molar refractivity (Wildman–Crippen MR) is 90.6 cm³/mol. The summed E-state index contributed by atoms with van der Waals surface area (Å²) in [5, 5.41) is 7.05. The largest absolute Gasteiger partial charge is 0.472 e. The monoisotopic (exact) mass is 355 g/mol. The molecule has 4 fully saturated rings. The van der Waals surface area contributed by atoms with Gasteiger partial charge in [-0.15, -0.1) is 0 Å². The lowest BCUT2D eigenvalue weighted by atomic mass is 9.47. The minimum absolute atomic E-state index is 0.0839. The first-order valence-electron chi connectivity index (χ1n) is 9.14. The van der Waals surface area contributed by atoms with Crippen LogP contribution in [-0.2, 0) is 4.79 Å². The lowest BCUT2D eigenvalue weighted by Gasteiger charge is -2.58. The van der Waals surface area contributed by atoms with E-state index < -0.39 is 0 Å². The number of nitrogens with one attached hydrogen (secondary N) is 1. The summed E-state index contributed by atoms with van der Waals surface area (Å²) < 4.78 is 10.3. The van der Waals surface area contributed by atoms with E-state index in [1.807, 2.05) is 0 Å². The molecule has 4 bridgehead atoms. The first-order valence-corrected chi connectivity index (χ1v) is 9.14.